The Balaban J connectivity index is 1.33. The minimum absolute atomic E-state index is 0.463. The molecule has 0 atom stereocenters. The molecule has 0 saturated heterocycles. The van der Waals surface area contributed by atoms with E-state index in [4.69, 9.17) is 15.0 Å². The van der Waals surface area contributed by atoms with Gasteiger partial charge < -0.3 is 0 Å². The molecule has 0 N–H and O–H groups in total. The highest BCUT2D eigenvalue weighted by Crippen LogP contribution is 2.42. The third kappa shape index (κ3) is 9.04. The number of allylic oxidation sites excluding steroid dienone is 5. The summed E-state index contributed by atoms with van der Waals surface area (Å²) < 4.78 is 0. The normalized spacial score (nSPS) is 11.3. The first kappa shape index (κ1) is 40.0. The quantitative estimate of drug-likeness (QED) is 0.109. The predicted octanol–water partition coefficient (Wildman–Crippen LogP) is 15.6. The van der Waals surface area contributed by atoms with E-state index >= 15 is 0 Å². The van der Waals surface area contributed by atoms with E-state index < -0.39 is 0 Å². The second kappa shape index (κ2) is 18.9. The molecule has 9 rings (SSSR count). The van der Waals surface area contributed by atoms with Gasteiger partial charge in [0.15, 0.2) is 5.82 Å². The highest BCUT2D eigenvalue weighted by atomic mass is 15.3. The average Bonchev–Trinajstić information content (AvgIpc) is 3.35. The zero-order chi connectivity index (χ0) is 42.8. The third-order valence-electron chi connectivity index (χ3n) is 10.7. The van der Waals surface area contributed by atoms with Crippen LogP contribution in [-0.2, 0) is 0 Å². The summed E-state index contributed by atoms with van der Waals surface area (Å²) in [6.07, 6.45) is 8.04. The van der Waals surface area contributed by atoms with E-state index in [2.05, 4.69) is 162 Å². The molecule has 0 fully saturated rings. The van der Waals surface area contributed by atoms with Crippen LogP contribution in [0.3, 0.4) is 0 Å². The van der Waals surface area contributed by atoms with Crippen molar-refractivity contribution in [3.63, 3.8) is 0 Å². The molecular formula is C58H45N5. The van der Waals surface area contributed by atoms with Crippen LogP contribution >= 0.6 is 0 Å². The van der Waals surface area contributed by atoms with Crippen LogP contribution < -0.4 is 9.80 Å². The monoisotopic (exact) mass is 811 g/mol. The lowest BCUT2D eigenvalue weighted by atomic mass is 9.97. The standard InChI is InChI=1S/C58H45N5/c1-3-23-43(24-4-2)48-37-49(44-25-11-5-12-26-44)40-54(39-48)62(52-33-19-9-20-34-52)57-59-56(47-31-17-8-18-32-47)60-58(61-57)63(53-35-21-10-22-36-53)55-41-50(45-27-13-6-14-28-45)38-51(42-55)46-29-15-7-16-30-46/h3-42H,1H2,2H3/b24-4-,43-23+. The van der Waals surface area contributed by atoms with Crippen molar-refractivity contribution in [2.45, 2.75) is 6.92 Å². The molecule has 5 heteroatoms. The van der Waals surface area contributed by atoms with E-state index in [9.17, 15) is 0 Å². The number of hydrogen-bond donors (Lipinski definition) is 0. The van der Waals surface area contributed by atoms with Crippen LogP contribution in [0.1, 0.15) is 12.5 Å². The van der Waals surface area contributed by atoms with Crippen molar-refractivity contribution in [3.05, 3.63) is 255 Å². The van der Waals surface area contributed by atoms with Gasteiger partial charge in [0.25, 0.3) is 0 Å². The molecule has 9 aromatic rings. The van der Waals surface area contributed by atoms with Gasteiger partial charge in [-0.3, -0.25) is 9.80 Å². The topological polar surface area (TPSA) is 45.2 Å². The fraction of sp³-hybridized carbons (Fsp3) is 0.0172. The SMILES string of the molecule is C=C/C=C(\C=C/C)c1cc(-c2ccccc2)cc(N(c2ccccc2)c2nc(-c3ccccc3)nc(N(c3ccccc3)c3cc(-c4ccccc4)cc(-c4ccccc4)c3)n2)c1. The first-order valence-electron chi connectivity index (χ1n) is 21.1. The van der Waals surface area contributed by atoms with E-state index in [1.807, 2.05) is 104 Å². The Morgan fingerprint density at radius 1 is 0.397 bits per heavy atom. The number of aromatic nitrogens is 3. The molecule has 1 heterocycles. The number of benzene rings is 8. The van der Waals surface area contributed by atoms with Gasteiger partial charge in [0.1, 0.15) is 0 Å². The summed E-state index contributed by atoms with van der Waals surface area (Å²) in [7, 11) is 0. The number of hydrogen-bond acceptors (Lipinski definition) is 5. The van der Waals surface area contributed by atoms with Crippen LogP contribution in [0, 0.1) is 0 Å². The summed E-state index contributed by atoms with van der Waals surface area (Å²) in [6, 6.07) is 75.6. The second-order valence-electron chi connectivity index (χ2n) is 15.0. The molecule has 0 saturated carbocycles. The third-order valence-corrected chi connectivity index (χ3v) is 10.7. The van der Waals surface area contributed by atoms with Crippen molar-refractivity contribution in [1.82, 2.24) is 15.0 Å². The summed E-state index contributed by atoms with van der Waals surface area (Å²) in [4.78, 5) is 20.5. The van der Waals surface area contributed by atoms with Gasteiger partial charge >= 0.3 is 0 Å². The van der Waals surface area contributed by atoms with E-state index in [0.29, 0.717) is 17.7 Å². The molecule has 302 valence electrons. The highest BCUT2D eigenvalue weighted by Gasteiger charge is 2.25. The average molecular weight is 812 g/mol. The number of rotatable bonds is 13. The van der Waals surface area contributed by atoms with Crippen molar-refractivity contribution in [1.29, 1.82) is 0 Å². The first-order chi connectivity index (χ1) is 31.1. The smallest absolute Gasteiger partial charge is 0.240 e. The summed E-state index contributed by atoms with van der Waals surface area (Å²) in [5.74, 6) is 1.47. The van der Waals surface area contributed by atoms with Crippen LogP contribution in [0.25, 0.3) is 50.3 Å². The minimum Gasteiger partial charge on any atom is -0.279 e. The van der Waals surface area contributed by atoms with E-state index in [1.165, 1.54) is 0 Å². The van der Waals surface area contributed by atoms with Gasteiger partial charge in [0, 0.05) is 16.9 Å². The fourth-order valence-corrected chi connectivity index (χ4v) is 7.78. The number of para-hydroxylation sites is 2. The lowest BCUT2D eigenvalue weighted by Crippen LogP contribution is -2.19. The van der Waals surface area contributed by atoms with Gasteiger partial charge in [-0.25, -0.2) is 0 Å². The molecule has 0 aliphatic carbocycles. The van der Waals surface area contributed by atoms with Crippen molar-refractivity contribution >= 4 is 40.2 Å². The first-order valence-corrected chi connectivity index (χ1v) is 21.1. The maximum Gasteiger partial charge on any atom is 0.240 e. The van der Waals surface area contributed by atoms with E-state index in [1.54, 1.807) is 0 Å². The molecule has 0 amide bonds. The zero-order valence-corrected chi connectivity index (χ0v) is 35.0. The van der Waals surface area contributed by atoms with Crippen molar-refractivity contribution in [2.24, 2.45) is 0 Å². The summed E-state index contributed by atoms with van der Waals surface area (Å²) in [5, 5.41) is 0. The molecule has 0 aliphatic rings. The van der Waals surface area contributed by atoms with Crippen LogP contribution in [0.2, 0.25) is 0 Å². The molecule has 63 heavy (non-hydrogen) atoms. The predicted molar refractivity (Wildman–Crippen MR) is 264 cm³/mol. The molecule has 0 unspecified atom stereocenters. The zero-order valence-electron chi connectivity index (χ0n) is 35.0. The van der Waals surface area contributed by atoms with Crippen LogP contribution in [0.15, 0.2) is 249 Å². The van der Waals surface area contributed by atoms with E-state index in [-0.39, 0.29) is 0 Å². The maximum absolute atomic E-state index is 5.50. The molecule has 0 aliphatic heterocycles. The van der Waals surface area contributed by atoms with Gasteiger partial charge in [0.2, 0.25) is 11.9 Å². The molecule has 0 radical (unpaired) electrons. The Bertz CT molecular complexity index is 2950. The van der Waals surface area contributed by atoms with Gasteiger partial charge in [-0.2, -0.15) is 15.0 Å². The van der Waals surface area contributed by atoms with Crippen molar-refractivity contribution in [3.8, 4) is 44.8 Å². The molecule has 0 spiro atoms. The Morgan fingerprint density at radius 2 is 0.778 bits per heavy atom. The molecule has 0 bridgehead atoms. The molecule has 1 aromatic heterocycles. The van der Waals surface area contributed by atoms with Crippen LogP contribution in [0.4, 0.5) is 34.6 Å². The lowest BCUT2D eigenvalue weighted by molar-refractivity contribution is 0.989. The minimum atomic E-state index is 0.463. The van der Waals surface area contributed by atoms with E-state index in [0.717, 1.165) is 72.8 Å². The fourth-order valence-electron chi connectivity index (χ4n) is 7.78. The Kier molecular flexibility index (Phi) is 12.0. The lowest BCUT2D eigenvalue weighted by Gasteiger charge is -2.28. The van der Waals surface area contributed by atoms with Gasteiger partial charge in [-0.1, -0.05) is 189 Å². The highest BCUT2D eigenvalue weighted by molar-refractivity contribution is 5.87. The van der Waals surface area contributed by atoms with Gasteiger partial charge in [-0.05, 0) is 112 Å². The van der Waals surface area contributed by atoms with Gasteiger partial charge in [-0.15, -0.1) is 0 Å². The number of anilines is 6. The summed E-state index contributed by atoms with van der Waals surface area (Å²) in [5.41, 5.74) is 13.0. The largest absolute Gasteiger partial charge is 0.279 e. The second-order valence-corrected chi connectivity index (χ2v) is 15.0. The van der Waals surface area contributed by atoms with Gasteiger partial charge in [0.05, 0.1) is 11.4 Å². The molecular weight excluding hydrogens is 767 g/mol. The van der Waals surface area contributed by atoms with Crippen molar-refractivity contribution in [2.75, 3.05) is 9.80 Å². The number of nitrogens with zero attached hydrogens (tertiary/aromatic N) is 5. The van der Waals surface area contributed by atoms with Crippen LogP contribution in [-0.4, -0.2) is 15.0 Å². The summed E-state index contributed by atoms with van der Waals surface area (Å²) in [6.45, 7) is 6.08. The Hall–Kier alpha value is -8.41. The molecule has 5 nitrogen and oxygen atoms in total. The Morgan fingerprint density at radius 3 is 1.19 bits per heavy atom. The summed E-state index contributed by atoms with van der Waals surface area (Å²) >= 11 is 0. The van der Waals surface area contributed by atoms with Crippen LogP contribution in [0.5, 0.6) is 0 Å². The Labute approximate surface area is 370 Å². The van der Waals surface area contributed by atoms with Crippen molar-refractivity contribution < 1.29 is 0 Å². The molecule has 8 aromatic carbocycles. The maximum atomic E-state index is 5.50.